The summed E-state index contributed by atoms with van der Waals surface area (Å²) < 4.78 is 14.4. The first-order chi connectivity index (χ1) is 12.1. The van der Waals surface area contributed by atoms with E-state index in [1.807, 2.05) is 0 Å². The Bertz CT molecular complexity index is 856. The molecule has 1 amide bonds. The molecule has 0 atom stereocenters. The molecule has 0 aliphatic rings. The zero-order chi connectivity index (χ0) is 17.6. The predicted octanol–water partition coefficient (Wildman–Crippen LogP) is 3.93. The van der Waals surface area contributed by atoms with Crippen LogP contribution in [0.25, 0.3) is 5.69 Å². The molecule has 1 heterocycles. The summed E-state index contributed by atoms with van der Waals surface area (Å²) in [5.74, 6) is 0.462. The van der Waals surface area contributed by atoms with Crippen LogP contribution in [0.5, 0.6) is 0 Å². The van der Waals surface area contributed by atoms with E-state index in [2.05, 4.69) is 15.4 Å². The van der Waals surface area contributed by atoms with Crippen molar-refractivity contribution >= 4 is 35.0 Å². The van der Waals surface area contributed by atoms with Gasteiger partial charge in [0.25, 0.3) is 0 Å². The maximum atomic E-state index is 12.9. The number of aromatic nitrogens is 3. The third-order valence-corrected chi connectivity index (χ3v) is 4.55. The number of carbonyl (C=O) groups excluding carboxylic acids is 1. The highest BCUT2D eigenvalue weighted by atomic mass is 35.5. The van der Waals surface area contributed by atoms with E-state index in [0.29, 0.717) is 22.2 Å². The van der Waals surface area contributed by atoms with E-state index in [1.54, 1.807) is 41.3 Å². The molecule has 3 aromatic rings. The third kappa shape index (κ3) is 4.80. The molecule has 0 aliphatic heterocycles. The maximum Gasteiger partial charge on any atom is 0.234 e. The molecule has 0 spiro atoms. The van der Waals surface area contributed by atoms with Crippen LogP contribution in [0.1, 0.15) is 5.56 Å². The second kappa shape index (κ2) is 8.13. The molecule has 2 aromatic carbocycles. The summed E-state index contributed by atoms with van der Waals surface area (Å²) in [5, 5.41) is 7.42. The Hall–Kier alpha value is -2.38. The molecular weight excluding hydrogens is 363 g/mol. The van der Waals surface area contributed by atoms with Crippen LogP contribution in [0.2, 0.25) is 5.02 Å². The van der Waals surface area contributed by atoms with Crippen LogP contribution >= 0.6 is 23.4 Å². The van der Waals surface area contributed by atoms with Crippen LogP contribution in [0, 0.1) is 5.82 Å². The van der Waals surface area contributed by atoms with Gasteiger partial charge in [-0.15, -0.1) is 11.8 Å². The summed E-state index contributed by atoms with van der Waals surface area (Å²) in [6.45, 7) is 0. The minimum Gasteiger partial charge on any atom is -0.323 e. The molecule has 1 aromatic heterocycles. The summed E-state index contributed by atoms with van der Waals surface area (Å²) in [6, 6.07) is 11.4. The molecule has 0 aliphatic carbocycles. The molecule has 0 unspecified atom stereocenters. The molecule has 0 fully saturated rings. The number of hydrogen-bond acceptors (Lipinski definition) is 4. The lowest BCUT2D eigenvalue weighted by Crippen LogP contribution is -2.16. The van der Waals surface area contributed by atoms with Gasteiger partial charge in [-0.3, -0.25) is 4.79 Å². The fourth-order valence-corrected chi connectivity index (χ4v) is 3.13. The Morgan fingerprint density at radius 3 is 2.76 bits per heavy atom. The Morgan fingerprint density at radius 2 is 2.04 bits per heavy atom. The number of nitrogens with zero attached hydrogens (tertiary/aromatic N) is 3. The van der Waals surface area contributed by atoms with Crippen molar-refractivity contribution in [1.82, 2.24) is 14.8 Å². The van der Waals surface area contributed by atoms with Gasteiger partial charge in [0.15, 0.2) is 0 Å². The van der Waals surface area contributed by atoms with Crippen molar-refractivity contribution < 1.29 is 9.18 Å². The number of benzene rings is 2. The number of nitrogens with one attached hydrogen (secondary N) is 1. The van der Waals surface area contributed by atoms with E-state index < -0.39 is 0 Å². The molecule has 8 heteroatoms. The van der Waals surface area contributed by atoms with Gasteiger partial charge in [0.05, 0.1) is 17.1 Å². The Balaban J connectivity index is 1.61. The fourth-order valence-electron chi connectivity index (χ4n) is 2.17. The fraction of sp³-hybridized carbons (Fsp3) is 0.118. The van der Waals surface area contributed by atoms with Crippen LogP contribution in [0.4, 0.5) is 10.1 Å². The maximum absolute atomic E-state index is 12.9. The lowest BCUT2D eigenvalue weighted by atomic mass is 10.2. The smallest absolute Gasteiger partial charge is 0.234 e. The highest BCUT2D eigenvalue weighted by molar-refractivity contribution is 7.99. The number of amides is 1. The average molecular weight is 377 g/mol. The second-order valence-electron chi connectivity index (χ2n) is 5.17. The minimum absolute atomic E-state index is 0.157. The highest BCUT2D eigenvalue weighted by Crippen LogP contribution is 2.24. The van der Waals surface area contributed by atoms with E-state index in [1.165, 1.54) is 30.2 Å². The van der Waals surface area contributed by atoms with Crippen LogP contribution in [-0.2, 0) is 10.5 Å². The molecule has 0 saturated carbocycles. The Kier molecular flexibility index (Phi) is 5.67. The molecule has 0 radical (unpaired) electrons. The van der Waals surface area contributed by atoms with Crippen molar-refractivity contribution in [2.75, 3.05) is 11.1 Å². The van der Waals surface area contributed by atoms with E-state index in [-0.39, 0.29) is 17.5 Å². The van der Waals surface area contributed by atoms with E-state index in [4.69, 9.17) is 11.6 Å². The van der Waals surface area contributed by atoms with Crippen LogP contribution in [-0.4, -0.2) is 26.4 Å². The van der Waals surface area contributed by atoms with Gasteiger partial charge in [-0.05, 0) is 35.9 Å². The SMILES string of the molecule is O=C(CSCc1ccc(F)cc1)Nc1cc(Cl)ccc1-n1cncn1. The van der Waals surface area contributed by atoms with Gasteiger partial charge >= 0.3 is 0 Å². The van der Waals surface area contributed by atoms with Crippen molar-refractivity contribution in [2.24, 2.45) is 0 Å². The first kappa shape index (κ1) is 17.4. The second-order valence-corrected chi connectivity index (χ2v) is 6.59. The molecule has 0 saturated heterocycles. The highest BCUT2D eigenvalue weighted by Gasteiger charge is 2.10. The van der Waals surface area contributed by atoms with E-state index >= 15 is 0 Å². The van der Waals surface area contributed by atoms with Gasteiger partial charge in [-0.25, -0.2) is 14.1 Å². The number of halogens is 2. The molecule has 128 valence electrons. The third-order valence-electron chi connectivity index (χ3n) is 3.31. The van der Waals surface area contributed by atoms with Crippen molar-refractivity contribution in [3.8, 4) is 5.69 Å². The lowest BCUT2D eigenvalue weighted by molar-refractivity contribution is -0.113. The van der Waals surface area contributed by atoms with Crippen molar-refractivity contribution in [3.63, 3.8) is 0 Å². The number of thioether (sulfide) groups is 1. The largest absolute Gasteiger partial charge is 0.323 e. The first-order valence-electron chi connectivity index (χ1n) is 7.38. The van der Waals surface area contributed by atoms with Crippen LogP contribution in [0.3, 0.4) is 0 Å². The molecule has 1 N–H and O–H groups in total. The molecule has 0 bridgehead atoms. The van der Waals surface area contributed by atoms with Gasteiger partial charge < -0.3 is 5.32 Å². The predicted molar refractivity (Wildman–Crippen MR) is 97.6 cm³/mol. The monoisotopic (exact) mass is 376 g/mol. The van der Waals surface area contributed by atoms with Gasteiger partial charge in [0, 0.05) is 10.8 Å². The molecule has 25 heavy (non-hydrogen) atoms. The Labute approximate surface area is 153 Å². The van der Waals surface area contributed by atoms with Gasteiger partial charge in [-0.2, -0.15) is 5.10 Å². The van der Waals surface area contributed by atoms with E-state index in [0.717, 1.165) is 5.56 Å². The summed E-state index contributed by atoms with van der Waals surface area (Å²) >= 11 is 7.47. The number of hydrogen-bond donors (Lipinski definition) is 1. The molecule has 3 rings (SSSR count). The zero-order valence-corrected chi connectivity index (χ0v) is 14.6. The number of carbonyl (C=O) groups is 1. The minimum atomic E-state index is -0.270. The van der Waals surface area contributed by atoms with Crippen LogP contribution in [0.15, 0.2) is 55.1 Å². The van der Waals surface area contributed by atoms with Gasteiger partial charge in [0.1, 0.15) is 18.5 Å². The van der Waals surface area contributed by atoms with Crippen molar-refractivity contribution in [2.45, 2.75) is 5.75 Å². The standard InChI is InChI=1S/C17H14ClFN4OS/c18-13-3-6-16(23-11-20-10-21-23)15(7-13)22-17(24)9-25-8-12-1-4-14(19)5-2-12/h1-7,10-11H,8-9H2,(H,22,24). The van der Waals surface area contributed by atoms with Crippen molar-refractivity contribution in [3.05, 3.63) is 71.5 Å². The lowest BCUT2D eigenvalue weighted by Gasteiger charge is -2.11. The number of rotatable bonds is 6. The van der Waals surface area contributed by atoms with Gasteiger partial charge in [-0.1, -0.05) is 23.7 Å². The van der Waals surface area contributed by atoms with E-state index in [9.17, 15) is 9.18 Å². The van der Waals surface area contributed by atoms with Crippen LogP contribution < -0.4 is 5.32 Å². The quantitative estimate of drug-likeness (QED) is 0.708. The summed E-state index contributed by atoms with van der Waals surface area (Å²) in [4.78, 5) is 16.1. The van der Waals surface area contributed by atoms with Crippen molar-refractivity contribution in [1.29, 1.82) is 0 Å². The Morgan fingerprint density at radius 1 is 1.24 bits per heavy atom. The first-order valence-corrected chi connectivity index (χ1v) is 8.92. The summed E-state index contributed by atoms with van der Waals surface area (Å²) in [7, 11) is 0. The normalized spacial score (nSPS) is 10.6. The average Bonchev–Trinajstić information content (AvgIpc) is 3.11. The molecule has 5 nitrogen and oxygen atoms in total. The topological polar surface area (TPSA) is 59.8 Å². The summed E-state index contributed by atoms with van der Waals surface area (Å²) in [6.07, 6.45) is 2.96. The van der Waals surface area contributed by atoms with Gasteiger partial charge in [0.2, 0.25) is 5.91 Å². The number of anilines is 1. The molecular formula is C17H14ClFN4OS. The summed E-state index contributed by atoms with van der Waals surface area (Å²) in [5.41, 5.74) is 2.20. The zero-order valence-electron chi connectivity index (χ0n) is 13.0.